The van der Waals surface area contributed by atoms with Gasteiger partial charge in [0.1, 0.15) is 6.04 Å². The molecule has 2 aromatic carbocycles. The van der Waals surface area contributed by atoms with Gasteiger partial charge in [-0.25, -0.2) is 0 Å². The number of alkyl halides is 3. The van der Waals surface area contributed by atoms with E-state index >= 15 is 0 Å². The van der Waals surface area contributed by atoms with E-state index in [1.807, 2.05) is 30.3 Å². The van der Waals surface area contributed by atoms with E-state index in [0.717, 1.165) is 17.7 Å². The van der Waals surface area contributed by atoms with Crippen LogP contribution in [0.3, 0.4) is 0 Å². The maximum atomic E-state index is 13.5. The Morgan fingerprint density at radius 3 is 2.57 bits per heavy atom. The molecule has 0 aromatic heterocycles. The van der Waals surface area contributed by atoms with Gasteiger partial charge >= 0.3 is 6.18 Å². The maximum absolute atomic E-state index is 13.5. The van der Waals surface area contributed by atoms with E-state index in [4.69, 9.17) is 10.00 Å². The van der Waals surface area contributed by atoms with Crippen molar-refractivity contribution in [1.29, 1.82) is 5.26 Å². The van der Waals surface area contributed by atoms with Gasteiger partial charge in [-0.2, -0.15) is 18.4 Å². The Morgan fingerprint density at radius 1 is 1.17 bits per heavy atom. The molecule has 7 nitrogen and oxygen atoms in total. The average Bonchev–Trinajstić information content (AvgIpc) is 2.86. The number of piperazine rings is 1. The Morgan fingerprint density at radius 2 is 1.91 bits per heavy atom. The van der Waals surface area contributed by atoms with E-state index in [9.17, 15) is 22.8 Å². The molecule has 1 N–H and O–H groups in total. The number of aryl methyl sites for hydroxylation is 1. The fourth-order valence-electron chi connectivity index (χ4n) is 4.03. The fourth-order valence-corrected chi connectivity index (χ4v) is 4.03. The summed E-state index contributed by atoms with van der Waals surface area (Å²) in [7, 11) is 1.49. The maximum Gasteiger partial charge on any atom is 0.417 e. The number of carbonyl (C=O) groups is 2. The van der Waals surface area contributed by atoms with E-state index in [1.165, 1.54) is 13.2 Å². The van der Waals surface area contributed by atoms with E-state index in [0.29, 0.717) is 6.42 Å². The Bertz CT molecular complexity index is 1070. The van der Waals surface area contributed by atoms with E-state index in [-0.39, 0.29) is 50.8 Å². The lowest BCUT2D eigenvalue weighted by molar-refractivity contribution is -0.137. The minimum atomic E-state index is -4.72. The summed E-state index contributed by atoms with van der Waals surface area (Å²) >= 11 is 0. The molecule has 10 heteroatoms. The third-order valence-electron chi connectivity index (χ3n) is 5.87. The second kappa shape index (κ2) is 11.7. The van der Waals surface area contributed by atoms with Crippen LogP contribution >= 0.6 is 0 Å². The molecule has 0 saturated carbocycles. The summed E-state index contributed by atoms with van der Waals surface area (Å²) in [5.41, 5.74) is -0.361. The predicted octanol–water partition coefficient (Wildman–Crippen LogP) is 2.99. The lowest BCUT2D eigenvalue weighted by Gasteiger charge is -2.42. The number of rotatable bonds is 8. The number of hydrogen-bond acceptors (Lipinski definition) is 5. The van der Waals surface area contributed by atoms with Gasteiger partial charge in [-0.15, -0.1) is 0 Å². The molecule has 0 spiro atoms. The summed E-state index contributed by atoms with van der Waals surface area (Å²) in [4.78, 5) is 29.0. The first-order valence-corrected chi connectivity index (χ1v) is 11.2. The Kier molecular flexibility index (Phi) is 8.71. The first kappa shape index (κ1) is 26.0. The van der Waals surface area contributed by atoms with Crippen molar-refractivity contribution >= 4 is 17.5 Å². The van der Waals surface area contributed by atoms with Crippen LogP contribution in [0.25, 0.3) is 0 Å². The van der Waals surface area contributed by atoms with Crippen LogP contribution in [-0.4, -0.2) is 62.7 Å². The van der Waals surface area contributed by atoms with Gasteiger partial charge in [0.2, 0.25) is 11.8 Å². The minimum absolute atomic E-state index is 0.0355. The molecule has 1 saturated heterocycles. The lowest BCUT2D eigenvalue weighted by Crippen LogP contribution is -2.60. The molecule has 2 aromatic rings. The number of nitriles is 1. The quantitative estimate of drug-likeness (QED) is 0.578. The Hall–Kier alpha value is -3.58. The molecule has 1 aliphatic heterocycles. The number of nitrogens with one attached hydrogen (secondary N) is 1. The molecule has 1 unspecified atom stereocenters. The van der Waals surface area contributed by atoms with Gasteiger partial charge in [-0.3, -0.25) is 9.59 Å². The summed E-state index contributed by atoms with van der Waals surface area (Å²) in [6.07, 6.45) is -3.90. The number of hydrogen-bond donors (Lipinski definition) is 1. The van der Waals surface area contributed by atoms with Gasteiger partial charge in [-0.05, 0) is 30.2 Å². The molecule has 186 valence electrons. The highest BCUT2D eigenvalue weighted by Crippen LogP contribution is 2.35. The average molecular weight is 489 g/mol. The van der Waals surface area contributed by atoms with Crippen molar-refractivity contribution in [3.63, 3.8) is 0 Å². The summed E-state index contributed by atoms with van der Waals surface area (Å²) < 4.78 is 45.5. The monoisotopic (exact) mass is 488 g/mol. The zero-order chi connectivity index (χ0) is 25.4. The molecular weight excluding hydrogens is 461 g/mol. The summed E-state index contributed by atoms with van der Waals surface area (Å²) in [6, 6.07) is 13.6. The summed E-state index contributed by atoms with van der Waals surface area (Å²) in [5.74, 6) is -0.542. The standard InChI is InChI=1S/C25H27F3N4O3/c1-35-14-11-30-24(34)22-17-31(23(33)10-7-18-5-3-2-4-6-18)12-13-32(22)20-9-8-19(16-29)21(15-20)25(26,27)28/h2-6,8-9,15,22H,7,10-14,17H2,1H3,(H,30,34). The normalized spacial score (nSPS) is 16.0. The molecule has 35 heavy (non-hydrogen) atoms. The van der Waals surface area contributed by atoms with Crippen LogP contribution in [0.4, 0.5) is 18.9 Å². The third kappa shape index (κ3) is 6.73. The molecule has 2 amide bonds. The second-order valence-electron chi connectivity index (χ2n) is 8.16. The molecule has 1 aliphatic rings. The number of methoxy groups -OCH3 is 1. The van der Waals surface area contributed by atoms with Gasteiger partial charge in [0, 0.05) is 38.9 Å². The van der Waals surface area contributed by atoms with Crippen molar-refractivity contribution in [3.05, 3.63) is 65.2 Å². The number of ether oxygens (including phenoxy) is 1. The van der Waals surface area contributed by atoms with Crippen molar-refractivity contribution in [2.45, 2.75) is 25.1 Å². The first-order chi connectivity index (χ1) is 16.7. The second-order valence-corrected chi connectivity index (χ2v) is 8.16. The van der Waals surface area contributed by atoms with Gasteiger partial charge in [0.15, 0.2) is 0 Å². The van der Waals surface area contributed by atoms with Crippen LogP contribution in [0, 0.1) is 11.3 Å². The topological polar surface area (TPSA) is 85.7 Å². The minimum Gasteiger partial charge on any atom is -0.383 e. The van der Waals surface area contributed by atoms with Crippen molar-refractivity contribution in [1.82, 2.24) is 10.2 Å². The Labute approximate surface area is 202 Å². The number of amides is 2. The summed E-state index contributed by atoms with van der Waals surface area (Å²) in [6.45, 7) is 0.962. The fraction of sp³-hybridized carbons (Fsp3) is 0.400. The van der Waals surface area contributed by atoms with Crippen LogP contribution < -0.4 is 10.2 Å². The number of benzene rings is 2. The smallest absolute Gasteiger partial charge is 0.383 e. The van der Waals surface area contributed by atoms with Crippen molar-refractivity contribution < 1.29 is 27.5 Å². The van der Waals surface area contributed by atoms with Crippen LogP contribution in [0.5, 0.6) is 0 Å². The van der Waals surface area contributed by atoms with E-state index in [1.54, 1.807) is 15.9 Å². The molecule has 1 fully saturated rings. The number of carbonyl (C=O) groups excluding carboxylic acids is 2. The predicted molar refractivity (Wildman–Crippen MR) is 124 cm³/mol. The van der Waals surface area contributed by atoms with Gasteiger partial charge in [0.05, 0.1) is 30.3 Å². The molecule has 1 heterocycles. The summed E-state index contributed by atoms with van der Waals surface area (Å²) in [5, 5.41) is 11.8. The highest BCUT2D eigenvalue weighted by Gasteiger charge is 2.37. The number of anilines is 1. The number of nitrogens with zero attached hydrogens (tertiary/aromatic N) is 3. The molecule has 1 atom stereocenters. The first-order valence-electron chi connectivity index (χ1n) is 11.2. The molecular formula is C25H27F3N4O3. The Balaban J connectivity index is 1.81. The van der Waals surface area contributed by atoms with Crippen LogP contribution in [-0.2, 0) is 26.9 Å². The lowest BCUT2D eigenvalue weighted by atomic mass is 10.0. The van der Waals surface area contributed by atoms with Gasteiger partial charge in [0.25, 0.3) is 0 Å². The zero-order valence-corrected chi connectivity index (χ0v) is 19.3. The highest BCUT2D eigenvalue weighted by atomic mass is 19.4. The van der Waals surface area contributed by atoms with Crippen LogP contribution in [0.2, 0.25) is 0 Å². The molecule has 0 radical (unpaired) electrons. The molecule has 0 bridgehead atoms. The van der Waals surface area contributed by atoms with Gasteiger partial charge < -0.3 is 19.9 Å². The van der Waals surface area contributed by atoms with Gasteiger partial charge in [-0.1, -0.05) is 30.3 Å². The molecule has 3 rings (SSSR count). The van der Waals surface area contributed by atoms with Crippen molar-refractivity contribution in [2.24, 2.45) is 0 Å². The number of halogens is 3. The SMILES string of the molecule is COCCNC(=O)C1CN(C(=O)CCc2ccccc2)CCN1c1ccc(C#N)c(C(F)(F)F)c1. The molecule has 0 aliphatic carbocycles. The largest absolute Gasteiger partial charge is 0.417 e. The third-order valence-corrected chi connectivity index (χ3v) is 5.87. The van der Waals surface area contributed by atoms with Crippen molar-refractivity contribution in [3.8, 4) is 6.07 Å². The van der Waals surface area contributed by atoms with Crippen molar-refractivity contribution in [2.75, 3.05) is 44.8 Å². The zero-order valence-electron chi connectivity index (χ0n) is 19.3. The highest BCUT2D eigenvalue weighted by molar-refractivity contribution is 5.87. The van der Waals surface area contributed by atoms with E-state index < -0.39 is 29.3 Å². The van der Waals surface area contributed by atoms with Crippen LogP contribution in [0.1, 0.15) is 23.1 Å². The van der Waals surface area contributed by atoms with Crippen LogP contribution in [0.15, 0.2) is 48.5 Å². The van der Waals surface area contributed by atoms with E-state index in [2.05, 4.69) is 5.32 Å².